The van der Waals surface area contributed by atoms with Gasteiger partial charge in [0.2, 0.25) is 5.82 Å². The number of pyridine rings is 1. The molecule has 0 aliphatic heterocycles. The largest absolute Gasteiger partial charge is 0.382 e. The molecule has 0 unspecified atom stereocenters. The highest BCUT2D eigenvalue weighted by Gasteiger charge is 2.38. The number of hydrogen-bond acceptors (Lipinski definition) is 7. The molecule has 0 radical (unpaired) electrons. The lowest BCUT2D eigenvalue weighted by Gasteiger charge is -2.16. The smallest absolute Gasteiger partial charge is 0.279 e. The fraction of sp³-hybridized carbons (Fsp3) is 0.261. The maximum Gasteiger partial charge on any atom is 0.279 e. The van der Waals surface area contributed by atoms with Crippen molar-refractivity contribution in [3.8, 4) is 11.6 Å². The quantitative estimate of drug-likeness (QED) is 0.452. The van der Waals surface area contributed by atoms with E-state index in [-0.39, 0.29) is 29.5 Å². The fourth-order valence-electron chi connectivity index (χ4n) is 4.55. The summed E-state index contributed by atoms with van der Waals surface area (Å²) in [5.74, 6) is -0.202. The average Bonchev–Trinajstić information content (AvgIpc) is 3.57. The summed E-state index contributed by atoms with van der Waals surface area (Å²) in [6.45, 7) is 0.148. The van der Waals surface area contributed by atoms with Crippen molar-refractivity contribution in [1.82, 2.24) is 29.1 Å². The second-order valence-electron chi connectivity index (χ2n) is 8.32. The topological polar surface area (TPSA) is 111 Å². The first-order valence-electron chi connectivity index (χ1n) is 10.7. The van der Waals surface area contributed by atoms with Gasteiger partial charge in [-0.15, -0.1) is 0 Å². The maximum absolute atomic E-state index is 14.1. The number of hydrogen-bond donors (Lipinski definition) is 1. The summed E-state index contributed by atoms with van der Waals surface area (Å²) in [6, 6.07) is 9.65. The minimum Gasteiger partial charge on any atom is -0.382 e. The molecule has 4 heterocycles. The second-order valence-corrected chi connectivity index (χ2v) is 8.32. The number of imidazole rings is 1. The molecule has 5 aromatic rings. The molecular weight excluding hydrogens is 427 g/mol. The third-order valence-corrected chi connectivity index (χ3v) is 6.22. The van der Waals surface area contributed by atoms with E-state index in [1.165, 1.54) is 23.0 Å². The zero-order valence-corrected chi connectivity index (χ0v) is 17.5. The van der Waals surface area contributed by atoms with Crippen LogP contribution in [0.3, 0.4) is 0 Å². The lowest BCUT2D eigenvalue weighted by Crippen LogP contribution is -2.24. The van der Waals surface area contributed by atoms with Crippen LogP contribution in [-0.2, 0) is 12.1 Å². The van der Waals surface area contributed by atoms with E-state index < -0.39 is 17.0 Å². The van der Waals surface area contributed by atoms with Gasteiger partial charge in [0.1, 0.15) is 23.3 Å². The molecule has 1 aromatic carbocycles. The van der Waals surface area contributed by atoms with Gasteiger partial charge in [-0.1, -0.05) is 11.2 Å². The van der Waals surface area contributed by atoms with Crippen molar-refractivity contribution in [3.63, 3.8) is 0 Å². The van der Waals surface area contributed by atoms with E-state index in [1.54, 1.807) is 28.8 Å². The van der Waals surface area contributed by atoms with Crippen LogP contribution < -0.4 is 5.56 Å². The Labute approximate surface area is 186 Å². The average molecular weight is 446 g/mol. The van der Waals surface area contributed by atoms with E-state index in [0.717, 1.165) is 12.8 Å². The summed E-state index contributed by atoms with van der Waals surface area (Å²) in [5.41, 5.74) is 0.564. The highest BCUT2D eigenvalue weighted by atomic mass is 19.1. The Morgan fingerprint density at radius 1 is 1.12 bits per heavy atom. The van der Waals surface area contributed by atoms with Gasteiger partial charge in [-0.3, -0.25) is 18.7 Å². The molecule has 0 atom stereocenters. The lowest BCUT2D eigenvalue weighted by atomic mass is 10.0. The minimum atomic E-state index is -1.12. The first kappa shape index (κ1) is 19.7. The predicted molar refractivity (Wildman–Crippen MR) is 116 cm³/mol. The zero-order chi connectivity index (χ0) is 22.6. The Bertz CT molecular complexity index is 1550. The fourth-order valence-corrected chi connectivity index (χ4v) is 4.55. The molecule has 0 spiro atoms. The second kappa shape index (κ2) is 7.31. The van der Waals surface area contributed by atoms with Crippen LogP contribution >= 0.6 is 0 Å². The Morgan fingerprint density at radius 2 is 1.97 bits per heavy atom. The van der Waals surface area contributed by atoms with Gasteiger partial charge in [0.15, 0.2) is 5.69 Å². The van der Waals surface area contributed by atoms with Crippen molar-refractivity contribution in [2.24, 2.45) is 0 Å². The van der Waals surface area contributed by atoms with Crippen molar-refractivity contribution < 1.29 is 14.0 Å². The SMILES string of the molecule is O=c1c2c(-c3nc(C4(O)CCCC4)no3)ncn2c2ccc(F)cc2n1Cc1ccccn1. The summed E-state index contributed by atoms with van der Waals surface area (Å²) in [7, 11) is 0. The summed E-state index contributed by atoms with van der Waals surface area (Å²) in [6.07, 6.45) is 6.00. The molecule has 1 aliphatic carbocycles. The summed E-state index contributed by atoms with van der Waals surface area (Å²) < 4.78 is 22.6. The van der Waals surface area contributed by atoms with Crippen molar-refractivity contribution >= 4 is 16.6 Å². The highest BCUT2D eigenvalue weighted by Crippen LogP contribution is 2.37. The van der Waals surface area contributed by atoms with Gasteiger partial charge >= 0.3 is 0 Å². The molecule has 0 amide bonds. The monoisotopic (exact) mass is 446 g/mol. The molecule has 0 bridgehead atoms. The number of aliphatic hydroxyl groups is 1. The van der Waals surface area contributed by atoms with Crippen LogP contribution in [0.15, 0.2) is 58.2 Å². The summed E-state index contributed by atoms with van der Waals surface area (Å²) in [4.78, 5) is 26.7. The molecule has 1 N–H and O–H groups in total. The first-order valence-corrected chi connectivity index (χ1v) is 10.7. The molecule has 6 rings (SSSR count). The minimum absolute atomic E-state index is 0.0516. The van der Waals surface area contributed by atoms with Crippen molar-refractivity contribution in [1.29, 1.82) is 0 Å². The van der Waals surface area contributed by atoms with Crippen LogP contribution in [0.2, 0.25) is 0 Å². The van der Waals surface area contributed by atoms with Gasteiger partial charge in [0.05, 0.1) is 23.3 Å². The molecule has 9 nitrogen and oxygen atoms in total. The number of benzene rings is 1. The van der Waals surface area contributed by atoms with Gasteiger partial charge in [0.25, 0.3) is 11.4 Å². The van der Waals surface area contributed by atoms with E-state index >= 15 is 0 Å². The Hall–Kier alpha value is -3.92. The molecule has 4 aromatic heterocycles. The summed E-state index contributed by atoms with van der Waals surface area (Å²) >= 11 is 0. The first-order chi connectivity index (χ1) is 16.0. The van der Waals surface area contributed by atoms with Crippen molar-refractivity contribution in [2.45, 2.75) is 37.8 Å². The molecular formula is C23H19FN6O3. The van der Waals surface area contributed by atoms with Crippen LogP contribution in [0.1, 0.15) is 37.2 Å². The van der Waals surface area contributed by atoms with E-state index in [1.807, 2.05) is 6.07 Å². The number of aromatic nitrogens is 6. The standard InChI is InChI=1S/C23H19FN6O3/c24-14-6-7-16-17(11-14)29(12-15-5-1-4-10-25-15)21(31)19-18(26-13-30(16)19)20-27-22(28-33-20)23(32)8-2-3-9-23/h1,4-7,10-11,13,32H,2-3,8-9,12H2. The normalized spacial score (nSPS) is 15.6. The summed E-state index contributed by atoms with van der Waals surface area (Å²) in [5, 5.41) is 14.8. The van der Waals surface area contributed by atoms with Gasteiger partial charge in [0, 0.05) is 6.20 Å². The van der Waals surface area contributed by atoms with E-state index in [4.69, 9.17) is 4.52 Å². The third-order valence-electron chi connectivity index (χ3n) is 6.22. The van der Waals surface area contributed by atoms with Crippen molar-refractivity contribution in [2.75, 3.05) is 0 Å². The van der Waals surface area contributed by atoms with Gasteiger partial charge in [-0.05, 0) is 56.0 Å². The van der Waals surface area contributed by atoms with Gasteiger partial charge in [-0.25, -0.2) is 9.37 Å². The molecule has 1 saturated carbocycles. The molecule has 33 heavy (non-hydrogen) atoms. The Balaban J connectivity index is 1.57. The van der Waals surface area contributed by atoms with Crippen LogP contribution in [0.25, 0.3) is 28.1 Å². The number of halogens is 1. The van der Waals surface area contributed by atoms with E-state index in [2.05, 4.69) is 20.1 Å². The van der Waals surface area contributed by atoms with E-state index in [9.17, 15) is 14.3 Å². The number of nitrogens with zero attached hydrogens (tertiary/aromatic N) is 6. The molecule has 166 valence electrons. The third kappa shape index (κ3) is 3.13. The maximum atomic E-state index is 14.1. The Morgan fingerprint density at radius 3 is 2.76 bits per heavy atom. The van der Waals surface area contributed by atoms with Crippen LogP contribution in [0.4, 0.5) is 4.39 Å². The number of fused-ring (bicyclic) bond motifs is 3. The lowest BCUT2D eigenvalue weighted by molar-refractivity contribution is 0.0328. The molecule has 0 saturated heterocycles. The molecule has 1 fully saturated rings. The van der Waals surface area contributed by atoms with Gasteiger partial charge in [-0.2, -0.15) is 4.98 Å². The van der Waals surface area contributed by atoms with Crippen molar-refractivity contribution in [3.05, 3.63) is 76.6 Å². The number of rotatable bonds is 4. The van der Waals surface area contributed by atoms with Gasteiger partial charge < -0.3 is 9.63 Å². The molecule has 1 aliphatic rings. The van der Waals surface area contributed by atoms with E-state index in [0.29, 0.717) is 29.6 Å². The highest BCUT2D eigenvalue weighted by molar-refractivity contribution is 5.83. The molecule has 10 heteroatoms. The predicted octanol–water partition coefficient (Wildman–Crippen LogP) is 3.04. The Kier molecular flexibility index (Phi) is 4.37. The van der Waals surface area contributed by atoms with Crippen LogP contribution in [0.5, 0.6) is 0 Å². The van der Waals surface area contributed by atoms with Crippen LogP contribution in [0, 0.1) is 5.82 Å². The zero-order valence-electron chi connectivity index (χ0n) is 17.5. The van der Waals surface area contributed by atoms with Crippen LogP contribution in [-0.4, -0.2) is 34.2 Å².